The van der Waals surface area contributed by atoms with Crippen molar-refractivity contribution in [2.45, 2.75) is 30.4 Å². The monoisotopic (exact) mass is 456 g/mol. The lowest BCUT2D eigenvalue weighted by Gasteiger charge is -2.29. The zero-order valence-electron chi connectivity index (χ0n) is 18.5. The fraction of sp³-hybridized carbons (Fsp3) is 0.214. The van der Waals surface area contributed by atoms with Gasteiger partial charge in [0.1, 0.15) is 0 Å². The Bertz CT molecular complexity index is 1320. The number of likely N-dealkylation sites (tertiary alicyclic amines) is 1. The van der Waals surface area contributed by atoms with Crippen molar-refractivity contribution in [1.82, 2.24) is 9.21 Å². The quantitative estimate of drug-likeness (QED) is 0.379. The zero-order chi connectivity index (χ0) is 22.7. The van der Waals surface area contributed by atoms with Gasteiger partial charge in [0.25, 0.3) is 0 Å². The van der Waals surface area contributed by atoms with Crippen LogP contribution >= 0.6 is 0 Å². The van der Waals surface area contributed by atoms with Crippen LogP contribution in [0.15, 0.2) is 108 Å². The molecule has 0 spiro atoms. The van der Waals surface area contributed by atoms with Gasteiger partial charge in [-0.05, 0) is 40.5 Å². The highest BCUT2D eigenvalue weighted by molar-refractivity contribution is 7.89. The topological polar surface area (TPSA) is 40.6 Å². The first-order valence-electron chi connectivity index (χ1n) is 11.4. The predicted octanol–water partition coefficient (Wildman–Crippen LogP) is 5.31. The number of fused-ring (bicyclic) bond motifs is 1. The molecule has 1 heterocycles. The number of rotatable bonds is 7. The Morgan fingerprint density at radius 2 is 1.39 bits per heavy atom. The lowest BCUT2D eigenvalue weighted by atomic mass is 10.1. The molecule has 4 aromatic carbocycles. The molecule has 1 saturated heterocycles. The Kier molecular flexibility index (Phi) is 6.27. The summed E-state index contributed by atoms with van der Waals surface area (Å²) >= 11 is 0. The summed E-state index contributed by atoms with van der Waals surface area (Å²) in [6, 6.07) is 33.5. The first-order chi connectivity index (χ1) is 16.1. The summed E-state index contributed by atoms with van der Waals surface area (Å²) in [4.78, 5) is 2.71. The van der Waals surface area contributed by atoms with Gasteiger partial charge >= 0.3 is 0 Å². The standard InChI is InChI=1S/C28H28N2O2S/c31-33(32,28-16-15-25-13-7-8-14-26(25)19-28)30(21-24-11-5-2-6-12-24)27-17-18-29(22-27)20-23-9-3-1-4-10-23/h1-16,19,27H,17-18,20-22H2. The van der Waals surface area contributed by atoms with Crippen LogP contribution in [-0.2, 0) is 23.1 Å². The summed E-state index contributed by atoms with van der Waals surface area (Å²) in [5.41, 5.74) is 2.26. The van der Waals surface area contributed by atoms with Crippen LogP contribution in [-0.4, -0.2) is 36.8 Å². The molecule has 4 aromatic rings. The van der Waals surface area contributed by atoms with Crippen molar-refractivity contribution < 1.29 is 8.42 Å². The van der Waals surface area contributed by atoms with Gasteiger partial charge in [0.2, 0.25) is 10.0 Å². The van der Waals surface area contributed by atoms with Crippen molar-refractivity contribution in [2.24, 2.45) is 0 Å². The summed E-state index contributed by atoms with van der Waals surface area (Å²) in [6.07, 6.45) is 0.826. The van der Waals surface area contributed by atoms with Gasteiger partial charge in [-0.2, -0.15) is 4.31 Å². The SMILES string of the molecule is O=S(=O)(c1ccc2ccccc2c1)N(Cc1ccccc1)C1CCN(Cc2ccccc2)C1. The van der Waals surface area contributed by atoms with Crippen LogP contribution in [0.4, 0.5) is 0 Å². The number of hydrogen-bond acceptors (Lipinski definition) is 3. The van der Waals surface area contributed by atoms with Gasteiger partial charge in [-0.25, -0.2) is 8.42 Å². The van der Waals surface area contributed by atoms with Crippen LogP contribution < -0.4 is 0 Å². The third kappa shape index (κ3) is 4.86. The van der Waals surface area contributed by atoms with Crippen molar-refractivity contribution in [3.63, 3.8) is 0 Å². The van der Waals surface area contributed by atoms with Crippen LogP contribution in [0.25, 0.3) is 10.8 Å². The van der Waals surface area contributed by atoms with Crippen molar-refractivity contribution >= 4 is 20.8 Å². The minimum Gasteiger partial charge on any atom is -0.297 e. The number of nitrogens with zero attached hydrogens (tertiary/aromatic N) is 2. The van der Waals surface area contributed by atoms with Gasteiger partial charge in [-0.3, -0.25) is 4.90 Å². The molecule has 0 aromatic heterocycles. The van der Waals surface area contributed by atoms with Crippen LogP contribution in [0, 0.1) is 0 Å². The minimum atomic E-state index is -3.66. The van der Waals surface area contributed by atoms with Gasteiger partial charge in [0, 0.05) is 32.2 Å². The smallest absolute Gasteiger partial charge is 0.243 e. The molecule has 168 valence electrons. The molecule has 1 aliphatic heterocycles. The molecule has 5 rings (SSSR count). The molecule has 0 amide bonds. The molecular formula is C28H28N2O2S. The molecule has 1 fully saturated rings. The molecule has 0 N–H and O–H groups in total. The summed E-state index contributed by atoms with van der Waals surface area (Å²) in [6.45, 7) is 2.83. The fourth-order valence-electron chi connectivity index (χ4n) is 4.67. The number of benzene rings is 4. The van der Waals surface area contributed by atoms with Crippen LogP contribution in [0.2, 0.25) is 0 Å². The van der Waals surface area contributed by atoms with E-state index in [2.05, 4.69) is 29.2 Å². The van der Waals surface area contributed by atoms with Crippen molar-refractivity contribution in [1.29, 1.82) is 0 Å². The molecule has 33 heavy (non-hydrogen) atoms. The Hall–Kier alpha value is -2.99. The van der Waals surface area contributed by atoms with E-state index in [-0.39, 0.29) is 6.04 Å². The molecule has 0 radical (unpaired) electrons. The Morgan fingerprint density at radius 3 is 2.12 bits per heavy atom. The fourth-order valence-corrected chi connectivity index (χ4v) is 6.34. The minimum absolute atomic E-state index is 0.0645. The van der Waals surface area contributed by atoms with Gasteiger partial charge in [-0.15, -0.1) is 0 Å². The van der Waals surface area contributed by atoms with E-state index in [0.29, 0.717) is 11.4 Å². The largest absolute Gasteiger partial charge is 0.297 e. The normalized spacial score (nSPS) is 17.1. The maximum Gasteiger partial charge on any atom is 0.243 e. The summed E-state index contributed by atoms with van der Waals surface area (Å²) in [5.74, 6) is 0. The second-order valence-corrected chi connectivity index (χ2v) is 10.6. The highest BCUT2D eigenvalue weighted by atomic mass is 32.2. The third-order valence-electron chi connectivity index (χ3n) is 6.41. The summed E-state index contributed by atoms with van der Waals surface area (Å²) in [5, 5.41) is 1.98. The van der Waals surface area contributed by atoms with Gasteiger partial charge < -0.3 is 0 Å². The zero-order valence-corrected chi connectivity index (χ0v) is 19.4. The first-order valence-corrected chi connectivity index (χ1v) is 12.8. The molecule has 0 saturated carbocycles. The van der Waals surface area contributed by atoms with E-state index in [9.17, 15) is 8.42 Å². The summed E-state index contributed by atoms with van der Waals surface area (Å²) < 4.78 is 29.6. The van der Waals surface area contributed by atoms with Crippen molar-refractivity contribution in [3.05, 3.63) is 114 Å². The van der Waals surface area contributed by atoms with Gasteiger partial charge in [-0.1, -0.05) is 91.0 Å². The maximum absolute atomic E-state index is 13.9. The molecule has 0 aliphatic carbocycles. The van der Waals surface area contributed by atoms with Crippen LogP contribution in [0.1, 0.15) is 17.5 Å². The van der Waals surface area contributed by atoms with Gasteiger partial charge in [0.15, 0.2) is 0 Å². The highest BCUT2D eigenvalue weighted by Crippen LogP contribution is 2.28. The third-order valence-corrected chi connectivity index (χ3v) is 8.31. The van der Waals surface area contributed by atoms with E-state index < -0.39 is 10.0 Å². The average molecular weight is 457 g/mol. The van der Waals surface area contributed by atoms with E-state index in [1.807, 2.05) is 66.7 Å². The highest BCUT2D eigenvalue weighted by Gasteiger charge is 2.36. The van der Waals surface area contributed by atoms with Crippen LogP contribution in [0.3, 0.4) is 0 Å². The maximum atomic E-state index is 13.9. The molecule has 0 bridgehead atoms. The van der Waals surface area contributed by atoms with E-state index in [1.165, 1.54) is 5.56 Å². The molecule has 1 aliphatic rings. The van der Waals surface area contributed by atoms with E-state index >= 15 is 0 Å². The molecule has 4 nitrogen and oxygen atoms in total. The second-order valence-electron chi connectivity index (χ2n) is 8.71. The summed E-state index contributed by atoms with van der Waals surface area (Å²) in [7, 11) is -3.66. The second kappa shape index (κ2) is 9.48. The number of hydrogen-bond donors (Lipinski definition) is 0. The lowest BCUT2D eigenvalue weighted by molar-refractivity contribution is 0.276. The molecular weight excluding hydrogens is 428 g/mol. The number of sulfonamides is 1. The first kappa shape index (κ1) is 21.8. The Morgan fingerprint density at radius 1 is 0.758 bits per heavy atom. The predicted molar refractivity (Wildman–Crippen MR) is 133 cm³/mol. The van der Waals surface area contributed by atoms with Crippen molar-refractivity contribution in [3.8, 4) is 0 Å². The Balaban J connectivity index is 1.45. The van der Waals surface area contributed by atoms with E-state index in [1.54, 1.807) is 16.4 Å². The van der Waals surface area contributed by atoms with E-state index in [0.717, 1.165) is 42.4 Å². The van der Waals surface area contributed by atoms with Crippen molar-refractivity contribution in [2.75, 3.05) is 13.1 Å². The lowest BCUT2D eigenvalue weighted by Crippen LogP contribution is -2.41. The van der Waals surface area contributed by atoms with Gasteiger partial charge in [0.05, 0.1) is 4.90 Å². The average Bonchev–Trinajstić information content (AvgIpc) is 3.31. The van der Waals surface area contributed by atoms with Crippen LogP contribution in [0.5, 0.6) is 0 Å². The molecule has 5 heteroatoms. The molecule has 1 unspecified atom stereocenters. The molecule has 1 atom stereocenters. The Labute approximate surface area is 196 Å². The van der Waals surface area contributed by atoms with E-state index in [4.69, 9.17) is 0 Å².